The molecule has 1 aromatic heterocycles. The maximum absolute atomic E-state index is 13.8. The van der Waals surface area contributed by atoms with Crippen molar-refractivity contribution in [2.45, 2.75) is 51.1 Å². The molecule has 0 saturated carbocycles. The van der Waals surface area contributed by atoms with Gasteiger partial charge in [-0.1, -0.05) is 6.07 Å². The quantitative estimate of drug-likeness (QED) is 0.752. The van der Waals surface area contributed by atoms with Gasteiger partial charge in [-0.25, -0.2) is 4.39 Å². The molecule has 1 atom stereocenters. The first kappa shape index (κ1) is 17.5. The minimum absolute atomic E-state index is 0.123. The van der Waals surface area contributed by atoms with Crippen molar-refractivity contribution < 1.29 is 9.18 Å². The molecule has 0 N–H and O–H groups in total. The first-order valence-corrected chi connectivity index (χ1v) is 10.0. The van der Waals surface area contributed by atoms with E-state index < -0.39 is 0 Å². The Balaban J connectivity index is 1.66. The van der Waals surface area contributed by atoms with Crippen molar-refractivity contribution in [2.24, 2.45) is 0 Å². The number of thiophene rings is 1. The number of aryl methyl sites for hydroxylation is 1. The molecule has 5 heteroatoms. The number of likely N-dealkylation sites (tertiary alicyclic amines) is 1. The van der Waals surface area contributed by atoms with Crippen molar-refractivity contribution in [3.63, 3.8) is 0 Å². The number of hydrogen-bond acceptors (Lipinski definition) is 3. The van der Waals surface area contributed by atoms with Gasteiger partial charge in [0.2, 0.25) is 0 Å². The molecule has 0 radical (unpaired) electrons. The van der Waals surface area contributed by atoms with Gasteiger partial charge in [0, 0.05) is 29.2 Å². The lowest BCUT2D eigenvalue weighted by molar-refractivity contribution is 0.0622. The van der Waals surface area contributed by atoms with Gasteiger partial charge in [0.1, 0.15) is 5.82 Å². The van der Waals surface area contributed by atoms with E-state index in [0.717, 1.165) is 47.8 Å². The van der Waals surface area contributed by atoms with Gasteiger partial charge in [0.15, 0.2) is 0 Å². The molecule has 2 aliphatic heterocycles. The van der Waals surface area contributed by atoms with Gasteiger partial charge >= 0.3 is 0 Å². The van der Waals surface area contributed by atoms with Gasteiger partial charge in [0.25, 0.3) is 5.91 Å². The van der Waals surface area contributed by atoms with E-state index in [1.165, 1.54) is 6.07 Å². The van der Waals surface area contributed by atoms with Gasteiger partial charge in [-0.05, 0) is 70.4 Å². The predicted molar refractivity (Wildman–Crippen MR) is 104 cm³/mol. The van der Waals surface area contributed by atoms with Crippen molar-refractivity contribution in [3.8, 4) is 0 Å². The highest BCUT2D eigenvalue weighted by Gasteiger charge is 2.55. The van der Waals surface area contributed by atoms with E-state index in [2.05, 4.69) is 23.6 Å². The molecular weight excluding hydrogens is 347 g/mol. The lowest BCUT2D eigenvalue weighted by Gasteiger charge is -2.35. The zero-order valence-corrected chi connectivity index (χ0v) is 16.4. The average Bonchev–Trinajstić information content (AvgIpc) is 3.25. The molecule has 1 spiro atoms. The fourth-order valence-corrected chi connectivity index (χ4v) is 5.65. The molecule has 2 saturated heterocycles. The summed E-state index contributed by atoms with van der Waals surface area (Å²) < 4.78 is 13.8. The molecule has 0 bridgehead atoms. The van der Waals surface area contributed by atoms with Crippen LogP contribution in [0.25, 0.3) is 0 Å². The minimum Gasteiger partial charge on any atom is -0.364 e. The molecule has 3 heterocycles. The summed E-state index contributed by atoms with van der Waals surface area (Å²) in [4.78, 5) is 19.5. The fraction of sp³-hybridized carbons (Fsp3) is 0.476. The van der Waals surface area contributed by atoms with E-state index in [4.69, 9.17) is 0 Å². The lowest BCUT2D eigenvalue weighted by atomic mass is 9.87. The van der Waals surface area contributed by atoms with E-state index >= 15 is 0 Å². The van der Waals surface area contributed by atoms with E-state index in [0.29, 0.717) is 0 Å². The summed E-state index contributed by atoms with van der Waals surface area (Å²) in [6, 6.07) is 10.8. The number of nitrogens with zero attached hydrogens (tertiary/aromatic N) is 2. The third kappa shape index (κ3) is 2.82. The van der Waals surface area contributed by atoms with Gasteiger partial charge in [-0.2, -0.15) is 0 Å². The molecule has 1 aromatic carbocycles. The third-order valence-corrected chi connectivity index (χ3v) is 6.85. The highest BCUT2D eigenvalue weighted by molar-refractivity contribution is 7.13. The Morgan fingerprint density at radius 3 is 2.73 bits per heavy atom. The molecule has 2 fully saturated rings. The first-order chi connectivity index (χ1) is 12.3. The summed E-state index contributed by atoms with van der Waals surface area (Å²) in [5, 5.41) is 0. The van der Waals surface area contributed by atoms with E-state index in [-0.39, 0.29) is 22.8 Å². The van der Waals surface area contributed by atoms with Crippen LogP contribution in [0.2, 0.25) is 0 Å². The number of rotatable bonds is 2. The Morgan fingerprint density at radius 2 is 2.04 bits per heavy atom. The monoisotopic (exact) mass is 372 g/mol. The second kappa shape index (κ2) is 6.08. The summed E-state index contributed by atoms with van der Waals surface area (Å²) in [5.74, 6) is -0.0647. The number of anilines is 1. The van der Waals surface area contributed by atoms with Crippen LogP contribution in [0.5, 0.6) is 0 Å². The summed E-state index contributed by atoms with van der Waals surface area (Å²) >= 11 is 1.57. The van der Waals surface area contributed by atoms with Gasteiger partial charge < -0.3 is 9.80 Å². The van der Waals surface area contributed by atoms with Crippen molar-refractivity contribution in [2.75, 3.05) is 18.0 Å². The maximum atomic E-state index is 13.8. The molecule has 4 rings (SSSR count). The van der Waals surface area contributed by atoms with Crippen LogP contribution < -0.4 is 4.90 Å². The molecule has 138 valence electrons. The van der Waals surface area contributed by atoms with Crippen molar-refractivity contribution in [3.05, 3.63) is 52.0 Å². The van der Waals surface area contributed by atoms with Crippen LogP contribution in [0, 0.1) is 12.7 Å². The van der Waals surface area contributed by atoms with Crippen LogP contribution in [0.3, 0.4) is 0 Å². The van der Waals surface area contributed by atoms with Gasteiger partial charge in [-0.15, -0.1) is 11.3 Å². The Labute approximate surface area is 158 Å². The van der Waals surface area contributed by atoms with Crippen LogP contribution >= 0.6 is 11.3 Å². The predicted octanol–water partition coefficient (Wildman–Crippen LogP) is 4.86. The standard InChI is InChI=1S/C21H25FN2OS/c1-15-8-9-18(26-15)19(25)23-11-5-10-21(23)13-20(2,3)24(14-21)17-7-4-6-16(22)12-17/h4,6-9,12H,5,10-11,13-14H2,1-3H3. The molecule has 0 aliphatic carbocycles. The highest BCUT2D eigenvalue weighted by Crippen LogP contribution is 2.47. The number of hydrogen-bond donors (Lipinski definition) is 0. The largest absolute Gasteiger partial charge is 0.364 e. The normalized spacial score (nSPS) is 24.6. The Morgan fingerprint density at radius 1 is 1.23 bits per heavy atom. The summed E-state index contributed by atoms with van der Waals surface area (Å²) in [7, 11) is 0. The molecule has 2 aromatic rings. The fourth-order valence-electron chi connectivity index (χ4n) is 4.84. The Hall–Kier alpha value is -1.88. The van der Waals surface area contributed by atoms with Crippen LogP contribution in [-0.4, -0.2) is 35.0 Å². The second-order valence-corrected chi connectivity index (χ2v) is 9.54. The van der Waals surface area contributed by atoms with Crippen LogP contribution in [0.1, 0.15) is 47.7 Å². The first-order valence-electron chi connectivity index (χ1n) is 9.22. The average molecular weight is 373 g/mol. The van der Waals surface area contributed by atoms with Crippen LogP contribution in [0.15, 0.2) is 36.4 Å². The SMILES string of the molecule is Cc1ccc(C(=O)N2CCCC23CN(c2cccc(F)c2)C(C)(C)C3)s1. The smallest absolute Gasteiger partial charge is 0.264 e. The molecular formula is C21H25FN2OS. The Kier molecular flexibility index (Phi) is 4.10. The summed E-state index contributed by atoms with van der Waals surface area (Å²) in [5.41, 5.74) is 0.616. The van der Waals surface area contributed by atoms with E-state index in [1.54, 1.807) is 23.5 Å². The molecule has 1 amide bonds. The van der Waals surface area contributed by atoms with Crippen LogP contribution in [0.4, 0.5) is 10.1 Å². The number of carbonyl (C=O) groups excluding carboxylic acids is 1. The van der Waals surface area contributed by atoms with Gasteiger partial charge in [0.05, 0.1) is 10.4 Å². The highest BCUT2D eigenvalue weighted by atomic mass is 32.1. The zero-order chi connectivity index (χ0) is 18.5. The van der Waals surface area contributed by atoms with E-state index in [9.17, 15) is 9.18 Å². The molecule has 26 heavy (non-hydrogen) atoms. The van der Waals surface area contributed by atoms with Gasteiger partial charge in [-0.3, -0.25) is 4.79 Å². The van der Waals surface area contributed by atoms with Crippen LogP contribution in [-0.2, 0) is 0 Å². The summed E-state index contributed by atoms with van der Waals surface area (Å²) in [6.07, 6.45) is 2.95. The molecule has 2 aliphatic rings. The minimum atomic E-state index is -0.215. The molecule has 3 nitrogen and oxygen atoms in total. The van der Waals surface area contributed by atoms with Crippen molar-refractivity contribution in [1.29, 1.82) is 0 Å². The van der Waals surface area contributed by atoms with E-state index in [1.807, 2.05) is 25.1 Å². The molecule has 1 unspecified atom stereocenters. The maximum Gasteiger partial charge on any atom is 0.264 e. The van der Waals surface area contributed by atoms with Crippen molar-refractivity contribution in [1.82, 2.24) is 4.90 Å². The second-order valence-electron chi connectivity index (χ2n) is 8.25. The number of carbonyl (C=O) groups is 1. The Bertz CT molecular complexity index is 846. The third-order valence-electron chi connectivity index (χ3n) is 5.86. The topological polar surface area (TPSA) is 23.6 Å². The lowest BCUT2D eigenvalue weighted by Crippen LogP contribution is -2.49. The van der Waals surface area contributed by atoms with Crippen molar-refractivity contribution >= 4 is 22.9 Å². The zero-order valence-electron chi connectivity index (χ0n) is 15.6. The number of halogens is 1. The summed E-state index contributed by atoms with van der Waals surface area (Å²) in [6.45, 7) is 8.00. The number of amides is 1. The number of benzene rings is 1.